The van der Waals surface area contributed by atoms with Gasteiger partial charge in [0.15, 0.2) is 0 Å². The minimum atomic E-state index is 0.852. The molecular formula is C42H26N6S. The van der Waals surface area contributed by atoms with Gasteiger partial charge in [0.2, 0.25) is 0 Å². The standard InChI is InChI=1S/C42H26N6S/c1-2-12-29(13-3-1)47-35-18-6-4-14-30(35)31-23-22-27(25-38(31)47)41-45-46-42(49-41)33-16-8-20-37-40(33)32-15-5-7-19-36(32)48(37)39-21-9-17-34(44-39)28-11-10-24-43-26-28/h1-26H. The predicted octanol–water partition coefficient (Wildman–Crippen LogP) is 10.5. The zero-order chi connectivity index (χ0) is 32.3. The lowest BCUT2D eigenvalue weighted by atomic mass is 10.1. The molecule has 0 amide bonds. The van der Waals surface area contributed by atoms with Gasteiger partial charge in [-0.3, -0.25) is 9.55 Å². The van der Waals surface area contributed by atoms with Crippen LogP contribution < -0.4 is 0 Å². The van der Waals surface area contributed by atoms with E-state index in [1.54, 1.807) is 17.5 Å². The van der Waals surface area contributed by atoms with Gasteiger partial charge < -0.3 is 4.57 Å². The molecule has 0 aliphatic rings. The monoisotopic (exact) mass is 646 g/mol. The van der Waals surface area contributed by atoms with E-state index in [1.807, 2.05) is 24.4 Å². The van der Waals surface area contributed by atoms with Gasteiger partial charge >= 0.3 is 0 Å². The Morgan fingerprint density at radius 2 is 1.22 bits per heavy atom. The summed E-state index contributed by atoms with van der Waals surface area (Å²) in [5.41, 5.74) is 9.58. The van der Waals surface area contributed by atoms with Crippen LogP contribution in [0.2, 0.25) is 0 Å². The quantitative estimate of drug-likeness (QED) is 0.187. The van der Waals surface area contributed by atoms with E-state index in [1.165, 1.54) is 16.3 Å². The molecule has 0 spiro atoms. The fraction of sp³-hybridized carbons (Fsp3) is 0. The topological polar surface area (TPSA) is 61.4 Å². The van der Waals surface area contributed by atoms with Crippen molar-refractivity contribution in [3.63, 3.8) is 0 Å². The molecule has 0 bridgehead atoms. The molecule has 10 aromatic rings. The van der Waals surface area contributed by atoms with Crippen LogP contribution in [0.4, 0.5) is 0 Å². The average molecular weight is 647 g/mol. The third-order valence-electron chi connectivity index (χ3n) is 9.21. The van der Waals surface area contributed by atoms with Gasteiger partial charge in [0.25, 0.3) is 0 Å². The molecule has 6 nitrogen and oxygen atoms in total. The molecule has 0 N–H and O–H groups in total. The molecule has 5 heterocycles. The minimum Gasteiger partial charge on any atom is -0.309 e. The van der Waals surface area contributed by atoms with Crippen molar-refractivity contribution in [2.75, 3.05) is 0 Å². The number of hydrogen-bond acceptors (Lipinski definition) is 5. The summed E-state index contributed by atoms with van der Waals surface area (Å²) in [4.78, 5) is 9.40. The van der Waals surface area contributed by atoms with E-state index in [0.29, 0.717) is 0 Å². The highest BCUT2D eigenvalue weighted by Crippen LogP contribution is 2.41. The van der Waals surface area contributed by atoms with Crippen molar-refractivity contribution in [2.45, 2.75) is 0 Å². The minimum absolute atomic E-state index is 0.852. The van der Waals surface area contributed by atoms with E-state index in [2.05, 4.69) is 142 Å². The van der Waals surface area contributed by atoms with Gasteiger partial charge in [-0.05, 0) is 60.7 Å². The summed E-state index contributed by atoms with van der Waals surface area (Å²) < 4.78 is 4.58. The van der Waals surface area contributed by atoms with Crippen molar-refractivity contribution in [1.29, 1.82) is 0 Å². The van der Waals surface area contributed by atoms with E-state index < -0.39 is 0 Å². The highest BCUT2D eigenvalue weighted by Gasteiger charge is 2.20. The first-order valence-corrected chi connectivity index (χ1v) is 17.0. The molecule has 7 heteroatoms. The molecule has 0 unspecified atom stereocenters. The van der Waals surface area contributed by atoms with Gasteiger partial charge in [-0.15, -0.1) is 10.2 Å². The highest BCUT2D eigenvalue weighted by atomic mass is 32.1. The van der Waals surface area contributed by atoms with Gasteiger partial charge in [0.1, 0.15) is 15.8 Å². The van der Waals surface area contributed by atoms with Crippen molar-refractivity contribution >= 4 is 54.9 Å². The lowest BCUT2D eigenvalue weighted by Crippen LogP contribution is -1.98. The first-order chi connectivity index (χ1) is 24.3. The summed E-state index contributed by atoms with van der Waals surface area (Å²) in [7, 11) is 0. The normalized spacial score (nSPS) is 11.7. The molecule has 49 heavy (non-hydrogen) atoms. The number of fused-ring (bicyclic) bond motifs is 6. The molecule has 5 aromatic carbocycles. The Bertz CT molecular complexity index is 2830. The second-order valence-corrected chi connectivity index (χ2v) is 13.0. The van der Waals surface area contributed by atoms with Crippen LogP contribution in [0.5, 0.6) is 0 Å². The van der Waals surface area contributed by atoms with E-state index in [4.69, 9.17) is 15.2 Å². The van der Waals surface area contributed by atoms with Crippen LogP contribution in [0, 0.1) is 0 Å². The SMILES string of the molecule is c1ccc(-n2c3ccccc3c3ccc(-c4nnc(-c5cccc6c5c5ccccc5n6-c5cccc(-c6cccnc6)n5)s4)cc32)cc1. The van der Waals surface area contributed by atoms with Crippen molar-refractivity contribution in [3.8, 4) is 43.9 Å². The Hall–Kier alpha value is -6.44. The summed E-state index contributed by atoms with van der Waals surface area (Å²) in [6.45, 7) is 0. The van der Waals surface area contributed by atoms with Crippen LogP contribution in [-0.2, 0) is 0 Å². The smallest absolute Gasteiger partial charge is 0.148 e. The Morgan fingerprint density at radius 1 is 0.490 bits per heavy atom. The molecule has 10 rings (SSSR count). The Kier molecular flexibility index (Phi) is 6.25. The van der Waals surface area contributed by atoms with Gasteiger partial charge in [0.05, 0.1) is 27.8 Å². The zero-order valence-electron chi connectivity index (χ0n) is 26.1. The Labute approximate surface area is 285 Å². The van der Waals surface area contributed by atoms with Crippen molar-refractivity contribution < 1.29 is 0 Å². The summed E-state index contributed by atoms with van der Waals surface area (Å²) in [5, 5.41) is 16.0. The third kappa shape index (κ3) is 4.40. The van der Waals surface area contributed by atoms with Crippen LogP contribution in [0.1, 0.15) is 0 Å². The largest absolute Gasteiger partial charge is 0.309 e. The van der Waals surface area contributed by atoms with Gasteiger partial charge in [-0.2, -0.15) is 0 Å². The zero-order valence-corrected chi connectivity index (χ0v) is 26.9. The van der Waals surface area contributed by atoms with Crippen LogP contribution in [-0.4, -0.2) is 29.3 Å². The summed E-state index contributed by atoms with van der Waals surface area (Å²) >= 11 is 1.62. The molecule has 0 fully saturated rings. The molecule has 230 valence electrons. The fourth-order valence-electron chi connectivity index (χ4n) is 7.07. The maximum atomic E-state index is 5.10. The van der Waals surface area contributed by atoms with Gasteiger partial charge in [0, 0.05) is 56.3 Å². The third-order valence-corrected chi connectivity index (χ3v) is 10.2. The number of para-hydroxylation sites is 3. The number of rotatable bonds is 5. The lowest BCUT2D eigenvalue weighted by Gasteiger charge is -2.09. The fourth-order valence-corrected chi connectivity index (χ4v) is 7.95. The van der Waals surface area contributed by atoms with Crippen LogP contribution in [0.25, 0.3) is 87.5 Å². The number of aromatic nitrogens is 6. The molecule has 0 atom stereocenters. The van der Waals surface area contributed by atoms with E-state index in [0.717, 1.165) is 71.2 Å². The molecular weight excluding hydrogens is 621 g/mol. The van der Waals surface area contributed by atoms with Crippen LogP contribution in [0.15, 0.2) is 158 Å². The maximum Gasteiger partial charge on any atom is 0.148 e. The predicted molar refractivity (Wildman–Crippen MR) is 200 cm³/mol. The summed E-state index contributed by atoms with van der Waals surface area (Å²) in [5.74, 6) is 0.852. The summed E-state index contributed by atoms with van der Waals surface area (Å²) in [6, 6.07) is 50.8. The Balaban J connectivity index is 1.13. The molecule has 0 aliphatic heterocycles. The van der Waals surface area contributed by atoms with E-state index >= 15 is 0 Å². The number of nitrogens with zero attached hydrogens (tertiary/aromatic N) is 6. The molecule has 0 saturated carbocycles. The second-order valence-electron chi connectivity index (χ2n) is 12.0. The first-order valence-electron chi connectivity index (χ1n) is 16.1. The van der Waals surface area contributed by atoms with Crippen molar-refractivity contribution in [2.24, 2.45) is 0 Å². The van der Waals surface area contributed by atoms with Gasteiger partial charge in [-0.25, -0.2) is 4.98 Å². The molecule has 5 aromatic heterocycles. The van der Waals surface area contributed by atoms with Crippen molar-refractivity contribution in [1.82, 2.24) is 29.3 Å². The molecule has 0 aliphatic carbocycles. The second kappa shape index (κ2) is 11.1. The van der Waals surface area contributed by atoms with E-state index in [9.17, 15) is 0 Å². The van der Waals surface area contributed by atoms with E-state index in [-0.39, 0.29) is 0 Å². The first kappa shape index (κ1) is 27.7. The lowest BCUT2D eigenvalue weighted by molar-refractivity contribution is 1.08. The van der Waals surface area contributed by atoms with Gasteiger partial charge in [-0.1, -0.05) is 96.3 Å². The van der Waals surface area contributed by atoms with Crippen LogP contribution in [0.3, 0.4) is 0 Å². The summed E-state index contributed by atoms with van der Waals surface area (Å²) in [6.07, 6.45) is 3.63. The number of hydrogen-bond donors (Lipinski definition) is 0. The average Bonchev–Trinajstić information content (AvgIpc) is 3.88. The number of pyridine rings is 2. The van der Waals surface area contributed by atoms with Crippen LogP contribution >= 0.6 is 11.3 Å². The molecule has 0 radical (unpaired) electrons. The number of benzene rings is 5. The highest BCUT2D eigenvalue weighted by molar-refractivity contribution is 7.18. The molecule has 0 saturated heterocycles. The maximum absolute atomic E-state index is 5.10. The Morgan fingerprint density at radius 3 is 2.08 bits per heavy atom. The van der Waals surface area contributed by atoms with Crippen molar-refractivity contribution in [3.05, 3.63) is 158 Å².